The van der Waals surface area contributed by atoms with Crippen molar-refractivity contribution in [3.8, 4) is 0 Å². The van der Waals surface area contributed by atoms with Crippen LogP contribution in [0.5, 0.6) is 0 Å². The first-order valence-corrected chi connectivity index (χ1v) is 10.4. The Morgan fingerprint density at radius 1 is 1.12 bits per heavy atom. The fourth-order valence-corrected chi connectivity index (χ4v) is 3.87. The lowest BCUT2D eigenvalue weighted by Crippen LogP contribution is -2.29. The third kappa shape index (κ3) is 4.51. The van der Waals surface area contributed by atoms with Gasteiger partial charge in [-0.1, -0.05) is 42.5 Å². The van der Waals surface area contributed by atoms with Crippen molar-refractivity contribution in [2.24, 2.45) is 0 Å². The third-order valence-corrected chi connectivity index (χ3v) is 5.42. The molecule has 2 aromatic carbocycles. The molecule has 7 nitrogen and oxygen atoms in total. The second-order valence-corrected chi connectivity index (χ2v) is 7.51. The Balaban J connectivity index is 1.54. The molecule has 0 radical (unpaired) electrons. The zero-order valence-electron chi connectivity index (χ0n) is 17.7. The molecule has 0 bridgehead atoms. The summed E-state index contributed by atoms with van der Waals surface area (Å²) in [5.41, 5.74) is 5.01. The number of ether oxygens (including phenoxy) is 1. The normalized spacial score (nSPS) is 12.2. The monoisotopic (exact) mass is 429 g/mol. The van der Waals surface area contributed by atoms with Gasteiger partial charge in [0.1, 0.15) is 18.6 Å². The molecule has 1 aliphatic heterocycles. The quantitative estimate of drug-likeness (QED) is 0.606. The maximum Gasteiger partial charge on any atom is 0.414 e. The van der Waals surface area contributed by atoms with Crippen molar-refractivity contribution in [1.29, 1.82) is 0 Å². The maximum atomic E-state index is 12.7. The summed E-state index contributed by atoms with van der Waals surface area (Å²) in [5, 5.41) is 2.53. The molecule has 1 N–H and O–H groups in total. The van der Waals surface area contributed by atoms with Crippen LogP contribution >= 0.6 is 0 Å². The Morgan fingerprint density at radius 2 is 1.94 bits per heavy atom. The van der Waals surface area contributed by atoms with Gasteiger partial charge in [-0.05, 0) is 41.3 Å². The molecular weight excluding hydrogens is 406 g/mol. The van der Waals surface area contributed by atoms with Gasteiger partial charge in [-0.25, -0.2) is 9.78 Å². The van der Waals surface area contributed by atoms with Crippen LogP contribution in [0.1, 0.15) is 43.2 Å². The third-order valence-electron chi connectivity index (χ3n) is 5.42. The minimum absolute atomic E-state index is 0.200. The van der Waals surface area contributed by atoms with Crippen molar-refractivity contribution in [3.63, 3.8) is 0 Å². The Labute approximate surface area is 186 Å². The topological polar surface area (TPSA) is 88.6 Å². The Bertz CT molecular complexity index is 1160. The second-order valence-electron chi connectivity index (χ2n) is 7.51. The van der Waals surface area contributed by atoms with Gasteiger partial charge in [-0.15, -0.1) is 0 Å². The number of aldehydes is 1. The molecule has 32 heavy (non-hydrogen) atoms. The summed E-state index contributed by atoms with van der Waals surface area (Å²) in [6.45, 7) is 0.751. The van der Waals surface area contributed by atoms with E-state index in [9.17, 15) is 14.4 Å². The number of aromatic nitrogens is 1. The van der Waals surface area contributed by atoms with Crippen LogP contribution < -0.4 is 10.2 Å². The molecule has 4 rings (SSSR count). The van der Waals surface area contributed by atoms with Gasteiger partial charge >= 0.3 is 6.09 Å². The van der Waals surface area contributed by atoms with Crippen molar-refractivity contribution >= 4 is 24.0 Å². The van der Waals surface area contributed by atoms with Gasteiger partial charge in [-0.2, -0.15) is 0 Å². The number of amides is 2. The molecule has 0 saturated carbocycles. The largest absolute Gasteiger partial charge is 0.444 e. The number of rotatable bonds is 6. The maximum absolute atomic E-state index is 12.7. The fourth-order valence-electron chi connectivity index (χ4n) is 3.87. The number of fused-ring (bicyclic) bond motifs is 1. The molecular formula is C25H23N3O4. The van der Waals surface area contributed by atoms with Crippen LogP contribution in [0.15, 0.2) is 60.7 Å². The highest BCUT2D eigenvalue weighted by Crippen LogP contribution is 2.32. The molecule has 0 atom stereocenters. The number of benzene rings is 2. The van der Waals surface area contributed by atoms with Gasteiger partial charge in [0.15, 0.2) is 0 Å². The molecule has 1 aromatic heterocycles. The number of anilines is 1. The Hall–Kier alpha value is -4.00. The minimum atomic E-state index is -0.382. The van der Waals surface area contributed by atoms with E-state index >= 15 is 0 Å². The first-order chi connectivity index (χ1) is 15.6. The van der Waals surface area contributed by atoms with Gasteiger partial charge in [0.25, 0.3) is 5.91 Å². The zero-order valence-corrected chi connectivity index (χ0v) is 17.7. The van der Waals surface area contributed by atoms with Crippen molar-refractivity contribution < 1.29 is 19.1 Å². The Kier molecular flexibility index (Phi) is 6.26. The summed E-state index contributed by atoms with van der Waals surface area (Å²) in [6, 6.07) is 18.5. The van der Waals surface area contributed by atoms with Gasteiger partial charge in [0, 0.05) is 31.3 Å². The van der Waals surface area contributed by atoms with Crippen LogP contribution in [-0.2, 0) is 24.2 Å². The molecule has 7 heteroatoms. The predicted molar refractivity (Wildman–Crippen MR) is 120 cm³/mol. The SMILES string of the molecule is CNC(=O)c1cc(C=O)cc(Cc2cccc3c2CCN3C(=O)OCc2ccccc2)n1. The van der Waals surface area contributed by atoms with E-state index < -0.39 is 0 Å². The van der Waals surface area contributed by atoms with E-state index in [1.54, 1.807) is 11.0 Å². The van der Waals surface area contributed by atoms with Crippen molar-refractivity contribution in [2.75, 3.05) is 18.5 Å². The summed E-state index contributed by atoms with van der Waals surface area (Å²) < 4.78 is 5.50. The lowest BCUT2D eigenvalue weighted by atomic mass is 9.99. The number of carbonyl (C=O) groups excluding carboxylic acids is 3. The number of hydrogen-bond acceptors (Lipinski definition) is 5. The molecule has 162 valence electrons. The summed E-state index contributed by atoms with van der Waals surface area (Å²) >= 11 is 0. The van der Waals surface area contributed by atoms with Crippen molar-refractivity contribution in [3.05, 3.63) is 94.3 Å². The van der Waals surface area contributed by atoms with E-state index in [-0.39, 0.29) is 24.3 Å². The van der Waals surface area contributed by atoms with Gasteiger partial charge in [0.2, 0.25) is 0 Å². The summed E-state index contributed by atoms with van der Waals surface area (Å²) in [7, 11) is 1.52. The van der Waals surface area contributed by atoms with Crippen LogP contribution in [0.2, 0.25) is 0 Å². The smallest absolute Gasteiger partial charge is 0.414 e. The van der Waals surface area contributed by atoms with Gasteiger partial charge < -0.3 is 10.1 Å². The highest BCUT2D eigenvalue weighted by Gasteiger charge is 2.27. The standard InChI is InChI=1S/C25H23N3O4/c1-26-24(30)22-13-18(15-29)12-20(27-22)14-19-8-5-9-23-21(19)10-11-28(23)25(31)32-16-17-6-3-2-4-7-17/h2-9,12-13,15H,10-11,14,16H2,1H3,(H,26,30). The fraction of sp³-hybridized carbons (Fsp3) is 0.200. The summed E-state index contributed by atoms with van der Waals surface area (Å²) in [6.07, 6.45) is 1.47. The minimum Gasteiger partial charge on any atom is -0.444 e. The molecule has 3 aromatic rings. The Morgan fingerprint density at radius 3 is 2.69 bits per heavy atom. The van der Waals surface area contributed by atoms with Crippen LogP contribution in [0, 0.1) is 0 Å². The number of nitrogens with one attached hydrogen (secondary N) is 1. The van der Waals surface area contributed by atoms with Crippen LogP contribution in [0.25, 0.3) is 0 Å². The molecule has 2 heterocycles. The lowest BCUT2D eigenvalue weighted by Gasteiger charge is -2.18. The summed E-state index contributed by atoms with van der Waals surface area (Å²) in [4.78, 5) is 42.1. The molecule has 0 aliphatic carbocycles. The van der Waals surface area contributed by atoms with Crippen LogP contribution in [-0.4, -0.2) is 36.9 Å². The first kappa shape index (κ1) is 21.2. The number of hydrogen-bond donors (Lipinski definition) is 1. The van der Waals surface area contributed by atoms with E-state index in [1.165, 1.54) is 13.1 Å². The van der Waals surface area contributed by atoms with Crippen LogP contribution in [0.3, 0.4) is 0 Å². The van der Waals surface area contributed by atoms with Gasteiger partial charge in [0.05, 0.1) is 5.69 Å². The highest BCUT2D eigenvalue weighted by atomic mass is 16.6. The van der Waals surface area contributed by atoms with Crippen molar-refractivity contribution in [2.45, 2.75) is 19.4 Å². The number of pyridine rings is 1. The predicted octanol–water partition coefficient (Wildman–Crippen LogP) is 3.54. The van der Waals surface area contributed by atoms with E-state index in [4.69, 9.17) is 4.74 Å². The summed E-state index contributed by atoms with van der Waals surface area (Å²) in [5.74, 6) is -0.347. The molecule has 1 aliphatic rings. The molecule has 0 spiro atoms. The first-order valence-electron chi connectivity index (χ1n) is 10.4. The van der Waals surface area contributed by atoms with E-state index in [0.29, 0.717) is 36.9 Å². The van der Waals surface area contributed by atoms with Crippen LogP contribution in [0.4, 0.5) is 10.5 Å². The van der Waals surface area contributed by atoms with Gasteiger partial charge in [-0.3, -0.25) is 14.5 Å². The average molecular weight is 429 g/mol. The highest BCUT2D eigenvalue weighted by molar-refractivity contribution is 5.94. The molecule has 2 amide bonds. The zero-order chi connectivity index (χ0) is 22.5. The number of carbonyl (C=O) groups is 3. The molecule has 0 fully saturated rings. The van der Waals surface area contributed by atoms with E-state index in [2.05, 4.69) is 10.3 Å². The van der Waals surface area contributed by atoms with Crippen molar-refractivity contribution in [1.82, 2.24) is 10.3 Å². The van der Waals surface area contributed by atoms with E-state index in [1.807, 2.05) is 48.5 Å². The molecule has 0 saturated heterocycles. The number of nitrogens with zero attached hydrogens (tertiary/aromatic N) is 2. The molecule has 0 unspecified atom stereocenters. The average Bonchev–Trinajstić information content (AvgIpc) is 3.28. The van der Waals surface area contributed by atoms with E-state index in [0.717, 1.165) is 22.4 Å². The second kappa shape index (κ2) is 9.43. The lowest BCUT2D eigenvalue weighted by molar-refractivity contribution is 0.0958.